The van der Waals surface area contributed by atoms with E-state index in [9.17, 15) is 18.0 Å². The minimum absolute atomic E-state index is 0.106. The lowest BCUT2D eigenvalue weighted by Crippen LogP contribution is -2.40. The van der Waals surface area contributed by atoms with Crippen molar-refractivity contribution in [3.05, 3.63) is 23.3 Å². The Bertz CT molecular complexity index is 802. The molecule has 0 saturated carbocycles. The van der Waals surface area contributed by atoms with Gasteiger partial charge in [-0.15, -0.1) is 0 Å². The second-order valence-corrected chi connectivity index (χ2v) is 7.30. The summed E-state index contributed by atoms with van der Waals surface area (Å²) in [4.78, 5) is 25.7. The Balaban J connectivity index is 2.23. The molecule has 0 spiro atoms. The van der Waals surface area contributed by atoms with Gasteiger partial charge >= 0.3 is 5.97 Å². The summed E-state index contributed by atoms with van der Waals surface area (Å²) in [6.45, 7) is 0. The van der Waals surface area contributed by atoms with Crippen LogP contribution >= 0.6 is 0 Å². The SMILES string of the molecule is COC(=O)[C@@H]1CS(=O)(=O)[C@H]2c3ccc(OC)c(OC)c3C(=O)N12. The van der Waals surface area contributed by atoms with Crippen LogP contribution in [-0.4, -0.2) is 58.3 Å². The number of esters is 1. The van der Waals surface area contributed by atoms with E-state index in [1.807, 2.05) is 0 Å². The van der Waals surface area contributed by atoms with Crippen molar-refractivity contribution in [2.24, 2.45) is 0 Å². The van der Waals surface area contributed by atoms with Gasteiger partial charge in [-0.2, -0.15) is 0 Å². The Hall–Kier alpha value is -2.29. The molecule has 1 saturated heterocycles. The first kappa shape index (κ1) is 15.6. The predicted octanol–water partition coefficient (Wildman–Crippen LogP) is 0.128. The van der Waals surface area contributed by atoms with E-state index >= 15 is 0 Å². The number of ether oxygens (including phenoxy) is 3. The topological polar surface area (TPSA) is 99.2 Å². The third-order valence-corrected chi connectivity index (χ3v) is 6.03. The van der Waals surface area contributed by atoms with Gasteiger partial charge in [-0.1, -0.05) is 6.07 Å². The number of amides is 1. The van der Waals surface area contributed by atoms with Gasteiger partial charge in [-0.05, 0) is 6.07 Å². The van der Waals surface area contributed by atoms with Crippen LogP contribution in [0.5, 0.6) is 11.5 Å². The van der Waals surface area contributed by atoms with Crippen LogP contribution in [0.2, 0.25) is 0 Å². The van der Waals surface area contributed by atoms with Crippen LogP contribution in [0.25, 0.3) is 0 Å². The van der Waals surface area contributed by atoms with E-state index in [-0.39, 0.29) is 11.3 Å². The molecule has 0 aliphatic carbocycles. The molecule has 2 atom stereocenters. The van der Waals surface area contributed by atoms with Crippen LogP contribution < -0.4 is 9.47 Å². The summed E-state index contributed by atoms with van der Waals surface area (Å²) < 4.78 is 39.9. The molecule has 23 heavy (non-hydrogen) atoms. The van der Waals surface area contributed by atoms with Gasteiger partial charge in [-0.3, -0.25) is 4.79 Å². The van der Waals surface area contributed by atoms with Crippen molar-refractivity contribution in [1.29, 1.82) is 0 Å². The third-order valence-electron chi connectivity index (χ3n) is 4.08. The summed E-state index contributed by atoms with van der Waals surface area (Å²) in [6.07, 6.45) is 0. The molecule has 3 rings (SSSR count). The standard InChI is InChI=1S/C14H15NO7S/c1-20-9-5-4-7-10(11(9)21-2)12(16)15-8(14(17)22-3)6-23(18,19)13(7)15/h4-5,8,13H,6H2,1-3H3/t8-,13-/m0/s1. The molecule has 0 unspecified atom stereocenters. The van der Waals surface area contributed by atoms with E-state index < -0.39 is 38.9 Å². The van der Waals surface area contributed by atoms with Gasteiger partial charge < -0.3 is 19.1 Å². The molecule has 0 N–H and O–H groups in total. The lowest BCUT2D eigenvalue weighted by atomic mass is 10.1. The van der Waals surface area contributed by atoms with Crippen LogP contribution in [0.3, 0.4) is 0 Å². The van der Waals surface area contributed by atoms with E-state index in [0.29, 0.717) is 11.3 Å². The van der Waals surface area contributed by atoms with Gasteiger partial charge in [-0.25, -0.2) is 13.2 Å². The lowest BCUT2D eigenvalue weighted by molar-refractivity contribution is -0.144. The second-order valence-electron chi connectivity index (χ2n) is 5.20. The number of nitrogens with zero attached hydrogens (tertiary/aromatic N) is 1. The molecule has 2 aliphatic heterocycles. The van der Waals surface area contributed by atoms with Crippen molar-refractivity contribution in [1.82, 2.24) is 4.90 Å². The number of carbonyl (C=O) groups excluding carboxylic acids is 2. The number of hydrogen-bond donors (Lipinski definition) is 0. The highest BCUT2D eigenvalue weighted by atomic mass is 32.2. The normalized spacial score (nSPS) is 24.1. The molecule has 9 heteroatoms. The number of fused-ring (bicyclic) bond motifs is 3. The van der Waals surface area contributed by atoms with Gasteiger partial charge in [0.2, 0.25) is 0 Å². The van der Waals surface area contributed by atoms with Crippen molar-refractivity contribution in [2.75, 3.05) is 27.1 Å². The van der Waals surface area contributed by atoms with Crippen molar-refractivity contribution in [2.45, 2.75) is 11.4 Å². The van der Waals surface area contributed by atoms with Gasteiger partial charge in [0, 0.05) is 5.56 Å². The summed E-state index contributed by atoms with van der Waals surface area (Å²) in [5, 5.41) is -1.20. The first-order chi connectivity index (χ1) is 10.9. The highest BCUT2D eigenvalue weighted by Crippen LogP contribution is 2.49. The van der Waals surface area contributed by atoms with E-state index in [4.69, 9.17) is 9.47 Å². The average molecular weight is 341 g/mol. The Labute approximate surface area is 132 Å². The molecule has 0 bridgehead atoms. The predicted molar refractivity (Wildman–Crippen MR) is 78.0 cm³/mol. The highest BCUT2D eigenvalue weighted by molar-refractivity contribution is 7.92. The van der Waals surface area contributed by atoms with Crippen LogP contribution in [0.1, 0.15) is 21.3 Å². The number of rotatable bonds is 3. The monoisotopic (exact) mass is 341 g/mol. The van der Waals surface area contributed by atoms with Gasteiger partial charge in [0.1, 0.15) is 6.04 Å². The molecule has 8 nitrogen and oxygen atoms in total. The number of hydrogen-bond acceptors (Lipinski definition) is 7. The first-order valence-corrected chi connectivity index (χ1v) is 8.45. The summed E-state index contributed by atoms with van der Waals surface area (Å²) in [5.41, 5.74) is 0.396. The van der Waals surface area contributed by atoms with Crippen LogP contribution in [0.4, 0.5) is 0 Å². The number of carbonyl (C=O) groups is 2. The molecule has 2 aliphatic rings. The van der Waals surface area contributed by atoms with E-state index in [0.717, 1.165) is 12.0 Å². The molecule has 1 amide bonds. The van der Waals surface area contributed by atoms with E-state index in [2.05, 4.69) is 4.74 Å². The zero-order valence-electron chi connectivity index (χ0n) is 12.7. The zero-order chi connectivity index (χ0) is 16.9. The average Bonchev–Trinajstić information content (AvgIpc) is 2.99. The molecular formula is C14H15NO7S. The highest BCUT2D eigenvalue weighted by Gasteiger charge is 2.57. The molecule has 0 radical (unpaired) electrons. The molecule has 2 heterocycles. The van der Waals surface area contributed by atoms with Crippen molar-refractivity contribution in [3.8, 4) is 11.5 Å². The van der Waals surface area contributed by atoms with Crippen molar-refractivity contribution >= 4 is 21.7 Å². The zero-order valence-corrected chi connectivity index (χ0v) is 13.5. The maximum absolute atomic E-state index is 12.8. The number of sulfone groups is 1. The van der Waals surface area contributed by atoms with Crippen LogP contribution in [0.15, 0.2) is 12.1 Å². The fourth-order valence-electron chi connectivity index (χ4n) is 3.13. The summed E-state index contributed by atoms with van der Waals surface area (Å²) in [7, 11) is 0.219. The summed E-state index contributed by atoms with van der Waals surface area (Å²) in [5.74, 6) is -1.33. The molecule has 1 aromatic rings. The van der Waals surface area contributed by atoms with Gasteiger partial charge in [0.25, 0.3) is 5.91 Å². The Kier molecular flexibility index (Phi) is 3.47. The lowest BCUT2D eigenvalue weighted by Gasteiger charge is -2.20. The minimum Gasteiger partial charge on any atom is -0.493 e. The van der Waals surface area contributed by atoms with Crippen LogP contribution in [0, 0.1) is 0 Å². The molecule has 1 fully saturated rings. The third kappa shape index (κ3) is 1.99. The largest absolute Gasteiger partial charge is 0.493 e. The first-order valence-electron chi connectivity index (χ1n) is 6.74. The molecule has 1 aromatic carbocycles. The second kappa shape index (κ2) is 5.12. The molecule has 0 aromatic heterocycles. The van der Waals surface area contributed by atoms with Gasteiger partial charge in [0.15, 0.2) is 26.7 Å². The van der Waals surface area contributed by atoms with E-state index in [1.54, 1.807) is 0 Å². The molecular weight excluding hydrogens is 326 g/mol. The molecule has 124 valence electrons. The Morgan fingerprint density at radius 1 is 1.22 bits per heavy atom. The smallest absolute Gasteiger partial charge is 0.329 e. The van der Waals surface area contributed by atoms with Gasteiger partial charge in [0.05, 0.1) is 32.6 Å². The Morgan fingerprint density at radius 2 is 1.91 bits per heavy atom. The fourth-order valence-corrected chi connectivity index (χ4v) is 5.23. The minimum atomic E-state index is -3.71. The summed E-state index contributed by atoms with van der Waals surface area (Å²) in [6, 6.07) is 1.89. The maximum atomic E-state index is 12.8. The fraction of sp³-hybridized carbons (Fsp3) is 0.429. The summed E-state index contributed by atoms with van der Waals surface area (Å²) >= 11 is 0. The quantitative estimate of drug-likeness (QED) is 0.720. The Morgan fingerprint density at radius 3 is 2.48 bits per heavy atom. The number of methoxy groups -OCH3 is 3. The van der Waals surface area contributed by atoms with Crippen LogP contribution in [-0.2, 0) is 19.4 Å². The van der Waals surface area contributed by atoms with Crippen molar-refractivity contribution in [3.63, 3.8) is 0 Å². The number of benzene rings is 1. The van der Waals surface area contributed by atoms with Crippen molar-refractivity contribution < 1.29 is 32.2 Å². The van der Waals surface area contributed by atoms with E-state index in [1.165, 1.54) is 26.4 Å². The maximum Gasteiger partial charge on any atom is 0.329 e.